The molecule has 0 unspecified atom stereocenters. The third-order valence-electron chi connectivity index (χ3n) is 4.31. The molecule has 4 aromatic rings. The van der Waals surface area contributed by atoms with Gasteiger partial charge in [0.1, 0.15) is 23.3 Å². The van der Waals surface area contributed by atoms with Crippen molar-refractivity contribution in [2.24, 2.45) is 0 Å². The summed E-state index contributed by atoms with van der Waals surface area (Å²) >= 11 is 1.54. The zero-order valence-electron chi connectivity index (χ0n) is 16.0. The number of nitrogens with one attached hydrogen (secondary N) is 1. The Morgan fingerprint density at radius 3 is 2.76 bits per heavy atom. The molecule has 144 valence electrons. The number of rotatable bonds is 6. The number of hydrogen-bond donors (Lipinski definition) is 1. The van der Waals surface area contributed by atoms with Crippen molar-refractivity contribution in [3.8, 4) is 23.1 Å². The molecule has 0 spiro atoms. The van der Waals surface area contributed by atoms with E-state index in [1.165, 1.54) is 11.3 Å². The number of hydrogen-bond acceptors (Lipinski definition) is 7. The Morgan fingerprint density at radius 2 is 2.00 bits per heavy atom. The number of nitriles is 1. The molecule has 0 saturated heterocycles. The van der Waals surface area contributed by atoms with E-state index in [1.54, 1.807) is 19.2 Å². The van der Waals surface area contributed by atoms with Crippen LogP contribution in [0.4, 0.5) is 10.9 Å². The van der Waals surface area contributed by atoms with Crippen molar-refractivity contribution >= 4 is 22.3 Å². The average molecular weight is 402 g/mol. The van der Waals surface area contributed by atoms with Crippen molar-refractivity contribution in [3.05, 3.63) is 71.0 Å². The molecule has 3 aromatic heterocycles. The lowest BCUT2D eigenvalue weighted by Crippen LogP contribution is -1.99. The topological polar surface area (TPSA) is 88.6 Å². The van der Waals surface area contributed by atoms with Crippen LogP contribution < -0.4 is 10.1 Å². The SMILES string of the molecule is COc1ccc(Cn2cc(-c3nc(Nc4cccc(C#N)n4)sc3C)cn2)cc1. The van der Waals surface area contributed by atoms with Crippen LogP contribution in [-0.4, -0.2) is 26.9 Å². The van der Waals surface area contributed by atoms with E-state index < -0.39 is 0 Å². The Balaban J connectivity index is 1.51. The maximum atomic E-state index is 8.99. The van der Waals surface area contributed by atoms with Crippen LogP contribution in [0.5, 0.6) is 5.75 Å². The smallest absolute Gasteiger partial charge is 0.189 e. The normalized spacial score (nSPS) is 10.5. The van der Waals surface area contributed by atoms with Crippen LogP contribution in [0.2, 0.25) is 0 Å². The fraction of sp³-hybridized carbons (Fsp3) is 0.143. The first-order valence-corrected chi connectivity index (χ1v) is 9.73. The van der Waals surface area contributed by atoms with Crippen molar-refractivity contribution < 1.29 is 4.74 Å². The maximum Gasteiger partial charge on any atom is 0.189 e. The molecular weight excluding hydrogens is 384 g/mol. The molecule has 1 N–H and O–H groups in total. The van der Waals surface area contributed by atoms with Gasteiger partial charge in [0, 0.05) is 16.6 Å². The summed E-state index contributed by atoms with van der Waals surface area (Å²) in [7, 11) is 1.66. The van der Waals surface area contributed by atoms with Crippen LogP contribution in [0, 0.1) is 18.3 Å². The first-order chi connectivity index (χ1) is 14.1. The van der Waals surface area contributed by atoms with E-state index in [4.69, 9.17) is 10.00 Å². The van der Waals surface area contributed by atoms with Gasteiger partial charge in [0.25, 0.3) is 0 Å². The molecular formula is C21H18N6OS. The van der Waals surface area contributed by atoms with Crippen molar-refractivity contribution in [2.45, 2.75) is 13.5 Å². The van der Waals surface area contributed by atoms with E-state index in [-0.39, 0.29) is 0 Å². The summed E-state index contributed by atoms with van der Waals surface area (Å²) in [5, 5.41) is 17.4. The Labute approximate surface area is 172 Å². The molecule has 1 aromatic carbocycles. The van der Waals surface area contributed by atoms with Gasteiger partial charge in [-0.3, -0.25) is 4.68 Å². The van der Waals surface area contributed by atoms with E-state index in [9.17, 15) is 0 Å². The lowest BCUT2D eigenvalue weighted by Gasteiger charge is -2.03. The molecule has 0 radical (unpaired) electrons. The van der Waals surface area contributed by atoms with Crippen LogP contribution in [-0.2, 0) is 6.54 Å². The fourth-order valence-electron chi connectivity index (χ4n) is 2.88. The number of ether oxygens (including phenoxy) is 1. The van der Waals surface area contributed by atoms with Crippen molar-refractivity contribution in [3.63, 3.8) is 0 Å². The highest BCUT2D eigenvalue weighted by molar-refractivity contribution is 7.16. The third-order valence-corrected chi connectivity index (χ3v) is 5.19. The molecule has 0 saturated carbocycles. The average Bonchev–Trinajstić information content (AvgIpc) is 3.34. The molecule has 4 rings (SSSR count). The molecule has 0 fully saturated rings. The van der Waals surface area contributed by atoms with Crippen LogP contribution in [0.15, 0.2) is 54.9 Å². The summed E-state index contributed by atoms with van der Waals surface area (Å²) in [6.07, 6.45) is 3.81. The third kappa shape index (κ3) is 4.25. The van der Waals surface area contributed by atoms with Gasteiger partial charge in [0.15, 0.2) is 5.13 Å². The highest BCUT2D eigenvalue weighted by Gasteiger charge is 2.13. The van der Waals surface area contributed by atoms with Gasteiger partial charge in [-0.2, -0.15) is 10.4 Å². The zero-order chi connectivity index (χ0) is 20.2. The van der Waals surface area contributed by atoms with Gasteiger partial charge in [-0.1, -0.05) is 18.2 Å². The minimum Gasteiger partial charge on any atom is -0.497 e. The first-order valence-electron chi connectivity index (χ1n) is 8.92. The quantitative estimate of drug-likeness (QED) is 0.515. The second-order valence-electron chi connectivity index (χ2n) is 6.34. The van der Waals surface area contributed by atoms with E-state index >= 15 is 0 Å². The number of benzene rings is 1. The molecule has 0 aliphatic heterocycles. The number of nitrogens with zero attached hydrogens (tertiary/aromatic N) is 5. The molecule has 0 bridgehead atoms. The van der Waals surface area contributed by atoms with Crippen LogP contribution >= 0.6 is 11.3 Å². The van der Waals surface area contributed by atoms with Crippen molar-refractivity contribution in [2.75, 3.05) is 12.4 Å². The van der Waals surface area contributed by atoms with Gasteiger partial charge >= 0.3 is 0 Å². The largest absolute Gasteiger partial charge is 0.497 e. The summed E-state index contributed by atoms with van der Waals surface area (Å²) in [4.78, 5) is 10.00. The van der Waals surface area contributed by atoms with Crippen LogP contribution in [0.3, 0.4) is 0 Å². The monoisotopic (exact) mass is 402 g/mol. The van der Waals surface area contributed by atoms with E-state index in [1.807, 2.05) is 60.4 Å². The predicted molar refractivity (Wildman–Crippen MR) is 112 cm³/mol. The van der Waals surface area contributed by atoms with Gasteiger partial charge in [0.2, 0.25) is 0 Å². The number of anilines is 2. The van der Waals surface area contributed by atoms with Crippen molar-refractivity contribution in [1.82, 2.24) is 19.7 Å². The van der Waals surface area contributed by atoms with Crippen LogP contribution in [0.1, 0.15) is 16.1 Å². The van der Waals surface area contributed by atoms with E-state index in [2.05, 4.69) is 20.4 Å². The highest BCUT2D eigenvalue weighted by atomic mass is 32.1. The second-order valence-corrected chi connectivity index (χ2v) is 7.55. The summed E-state index contributed by atoms with van der Waals surface area (Å²) < 4.78 is 7.09. The molecule has 3 heterocycles. The number of methoxy groups -OCH3 is 1. The summed E-state index contributed by atoms with van der Waals surface area (Å²) in [5.74, 6) is 1.43. The minimum absolute atomic E-state index is 0.364. The van der Waals surface area contributed by atoms with E-state index in [0.29, 0.717) is 18.1 Å². The molecule has 0 atom stereocenters. The van der Waals surface area contributed by atoms with Gasteiger partial charge in [-0.25, -0.2) is 9.97 Å². The number of aromatic nitrogens is 4. The van der Waals surface area contributed by atoms with Gasteiger partial charge in [-0.15, -0.1) is 11.3 Å². The summed E-state index contributed by atoms with van der Waals surface area (Å²) in [5.41, 5.74) is 3.35. The molecule has 29 heavy (non-hydrogen) atoms. The molecule has 8 heteroatoms. The highest BCUT2D eigenvalue weighted by Crippen LogP contribution is 2.31. The standard InChI is InChI=1S/C21H18N6OS/c1-14-20(26-21(29-14)25-19-5-3-4-17(10-22)24-19)16-11-23-27(13-16)12-15-6-8-18(28-2)9-7-15/h3-9,11,13H,12H2,1-2H3,(H,24,25,26). The lowest BCUT2D eigenvalue weighted by atomic mass is 10.2. The Bertz CT molecular complexity index is 1170. The first kappa shape index (κ1) is 18.7. The molecule has 0 aliphatic carbocycles. The Morgan fingerprint density at radius 1 is 1.17 bits per heavy atom. The number of aryl methyl sites for hydroxylation is 1. The summed E-state index contributed by atoms with van der Waals surface area (Å²) in [6.45, 7) is 2.70. The molecule has 0 aliphatic rings. The van der Waals surface area contributed by atoms with Gasteiger partial charge < -0.3 is 10.1 Å². The maximum absolute atomic E-state index is 8.99. The molecule has 7 nitrogen and oxygen atoms in total. The molecule has 0 amide bonds. The van der Waals surface area contributed by atoms with Gasteiger partial charge in [-0.05, 0) is 36.8 Å². The summed E-state index contributed by atoms with van der Waals surface area (Å²) in [6, 6.07) is 15.2. The zero-order valence-corrected chi connectivity index (χ0v) is 16.8. The predicted octanol–water partition coefficient (Wildman–Crippen LogP) is 4.38. The second kappa shape index (κ2) is 8.12. The minimum atomic E-state index is 0.364. The van der Waals surface area contributed by atoms with Crippen molar-refractivity contribution in [1.29, 1.82) is 5.26 Å². The van der Waals surface area contributed by atoms with Gasteiger partial charge in [0.05, 0.1) is 25.5 Å². The van der Waals surface area contributed by atoms with Crippen LogP contribution in [0.25, 0.3) is 11.3 Å². The number of thiazole rings is 1. The van der Waals surface area contributed by atoms with E-state index in [0.717, 1.165) is 32.6 Å². The number of pyridine rings is 1. The fourth-order valence-corrected chi connectivity index (χ4v) is 3.73. The Kier molecular flexibility index (Phi) is 5.22. The lowest BCUT2D eigenvalue weighted by molar-refractivity contribution is 0.414. The Hall–Kier alpha value is -3.70.